The zero-order valence-corrected chi connectivity index (χ0v) is 13.9. The predicted octanol–water partition coefficient (Wildman–Crippen LogP) is 3.10. The van der Waals surface area contributed by atoms with Gasteiger partial charge < -0.3 is 20.2 Å². The molecular formula is C17H23N3O3. The monoisotopic (exact) mass is 317 g/mol. The summed E-state index contributed by atoms with van der Waals surface area (Å²) in [6, 6.07) is 6.88. The number of urea groups is 1. The first-order valence-electron chi connectivity index (χ1n) is 7.63. The first kappa shape index (κ1) is 17.0. The van der Waals surface area contributed by atoms with Crippen LogP contribution in [0.1, 0.15) is 25.3 Å². The molecule has 0 fully saturated rings. The van der Waals surface area contributed by atoms with Crippen LogP contribution in [0.2, 0.25) is 0 Å². The highest BCUT2D eigenvalue weighted by atomic mass is 16.4. The maximum absolute atomic E-state index is 12.0. The molecule has 0 aliphatic rings. The molecule has 0 bridgehead atoms. The van der Waals surface area contributed by atoms with Crippen LogP contribution in [0.5, 0.6) is 0 Å². The smallest absolute Gasteiger partial charge is 0.319 e. The van der Waals surface area contributed by atoms with Crippen LogP contribution in [0, 0.1) is 19.8 Å². The van der Waals surface area contributed by atoms with Crippen molar-refractivity contribution < 1.29 is 14.3 Å². The van der Waals surface area contributed by atoms with Gasteiger partial charge in [0.15, 0.2) is 0 Å². The first-order valence-corrected chi connectivity index (χ1v) is 7.63. The third kappa shape index (κ3) is 4.32. The highest BCUT2D eigenvalue weighted by Gasteiger charge is 2.14. The van der Waals surface area contributed by atoms with Crippen molar-refractivity contribution in [3.8, 4) is 11.5 Å². The molecular weight excluding hydrogens is 294 g/mol. The molecule has 0 unspecified atom stereocenters. The molecule has 0 saturated heterocycles. The van der Waals surface area contributed by atoms with Crippen molar-refractivity contribution >= 4 is 11.7 Å². The fraction of sp³-hybridized carbons (Fsp3) is 0.412. The minimum atomic E-state index is -0.310. The second kappa shape index (κ2) is 7.28. The molecule has 1 heterocycles. The summed E-state index contributed by atoms with van der Waals surface area (Å²) < 4.78 is 5.60. The molecule has 1 aromatic heterocycles. The number of aliphatic hydroxyl groups excluding tert-OH is 1. The normalized spacial score (nSPS) is 13.4. The lowest BCUT2D eigenvalue weighted by atomic mass is 10.1. The quantitative estimate of drug-likeness (QED) is 0.791. The topological polar surface area (TPSA) is 87.4 Å². The minimum Gasteiger partial charge on any atom is -0.441 e. The van der Waals surface area contributed by atoms with Gasteiger partial charge in [0.2, 0.25) is 5.89 Å². The van der Waals surface area contributed by atoms with E-state index in [0.717, 1.165) is 17.0 Å². The van der Waals surface area contributed by atoms with Gasteiger partial charge in [0, 0.05) is 23.9 Å². The average molecular weight is 317 g/mol. The van der Waals surface area contributed by atoms with Gasteiger partial charge in [0.1, 0.15) is 5.76 Å². The summed E-state index contributed by atoms with van der Waals surface area (Å²) in [5, 5.41) is 14.7. The Labute approximate surface area is 135 Å². The number of hydrogen-bond acceptors (Lipinski definition) is 4. The number of carbonyl (C=O) groups is 1. The molecule has 0 aliphatic heterocycles. The van der Waals surface area contributed by atoms with E-state index in [9.17, 15) is 4.79 Å². The molecule has 1 aromatic carbocycles. The van der Waals surface area contributed by atoms with Gasteiger partial charge in [-0.05, 0) is 44.9 Å². The van der Waals surface area contributed by atoms with Crippen LogP contribution < -0.4 is 10.6 Å². The number of aryl methyl sites for hydroxylation is 2. The summed E-state index contributed by atoms with van der Waals surface area (Å²) in [7, 11) is 0. The van der Waals surface area contributed by atoms with Crippen molar-refractivity contribution in [3.05, 3.63) is 35.7 Å². The Balaban J connectivity index is 2.07. The second-order valence-corrected chi connectivity index (χ2v) is 5.79. The third-order valence-corrected chi connectivity index (χ3v) is 3.90. The van der Waals surface area contributed by atoms with Gasteiger partial charge in [-0.25, -0.2) is 9.78 Å². The largest absolute Gasteiger partial charge is 0.441 e. The predicted molar refractivity (Wildman–Crippen MR) is 89.3 cm³/mol. The van der Waals surface area contributed by atoms with Gasteiger partial charge in [0.25, 0.3) is 0 Å². The minimum absolute atomic E-state index is 0.00893. The summed E-state index contributed by atoms with van der Waals surface area (Å²) in [6.45, 7) is 7.51. The molecule has 6 heteroatoms. The SMILES string of the molecule is Cc1nc(-c2cccc(NC(=O)N[C@@H](C)[C@@H](C)CO)c2)oc1C. The summed E-state index contributed by atoms with van der Waals surface area (Å²) in [6.07, 6.45) is 0. The molecule has 2 atom stereocenters. The van der Waals surface area contributed by atoms with E-state index >= 15 is 0 Å². The lowest BCUT2D eigenvalue weighted by Crippen LogP contribution is -2.40. The molecule has 0 aliphatic carbocycles. The zero-order chi connectivity index (χ0) is 17.0. The van der Waals surface area contributed by atoms with Crippen molar-refractivity contribution in [2.75, 3.05) is 11.9 Å². The summed E-state index contributed by atoms with van der Waals surface area (Å²) >= 11 is 0. The Hall–Kier alpha value is -2.34. The summed E-state index contributed by atoms with van der Waals surface area (Å²) in [5.74, 6) is 1.31. The van der Waals surface area contributed by atoms with Crippen LogP contribution in [0.25, 0.3) is 11.5 Å². The van der Waals surface area contributed by atoms with Crippen molar-refractivity contribution in [1.82, 2.24) is 10.3 Å². The van der Waals surface area contributed by atoms with E-state index in [2.05, 4.69) is 15.6 Å². The number of nitrogens with one attached hydrogen (secondary N) is 2. The number of rotatable bonds is 5. The van der Waals surface area contributed by atoms with Crippen LogP contribution in [-0.4, -0.2) is 28.8 Å². The van der Waals surface area contributed by atoms with Gasteiger partial charge in [-0.2, -0.15) is 0 Å². The van der Waals surface area contributed by atoms with Crippen LogP contribution in [0.3, 0.4) is 0 Å². The molecule has 23 heavy (non-hydrogen) atoms. The third-order valence-electron chi connectivity index (χ3n) is 3.90. The first-order chi connectivity index (χ1) is 10.9. The van der Waals surface area contributed by atoms with E-state index in [0.29, 0.717) is 11.6 Å². The van der Waals surface area contributed by atoms with Crippen molar-refractivity contribution in [1.29, 1.82) is 0 Å². The Bertz CT molecular complexity index is 662. The van der Waals surface area contributed by atoms with Crippen LogP contribution in [-0.2, 0) is 0 Å². The van der Waals surface area contributed by atoms with Crippen molar-refractivity contribution in [2.24, 2.45) is 5.92 Å². The zero-order valence-electron chi connectivity index (χ0n) is 13.9. The number of aliphatic hydroxyl groups is 1. The Morgan fingerprint density at radius 3 is 2.70 bits per heavy atom. The van der Waals surface area contributed by atoms with Gasteiger partial charge in [-0.3, -0.25) is 0 Å². The summed E-state index contributed by atoms with van der Waals surface area (Å²) in [5.41, 5.74) is 2.30. The number of nitrogens with zero attached hydrogens (tertiary/aromatic N) is 1. The average Bonchev–Trinajstić information content (AvgIpc) is 2.86. The standard InChI is InChI=1S/C17H23N3O3/c1-10(9-21)11(2)19-17(22)20-15-7-5-6-14(8-15)16-18-12(3)13(4)23-16/h5-8,10-11,21H,9H2,1-4H3,(H2,19,20,22)/t10-,11-/m0/s1. The van der Waals surface area contributed by atoms with E-state index in [1.54, 1.807) is 6.07 Å². The number of benzene rings is 1. The van der Waals surface area contributed by atoms with Gasteiger partial charge in [-0.15, -0.1) is 0 Å². The van der Waals surface area contributed by atoms with E-state index < -0.39 is 0 Å². The van der Waals surface area contributed by atoms with Crippen molar-refractivity contribution in [3.63, 3.8) is 0 Å². The fourth-order valence-corrected chi connectivity index (χ4v) is 2.00. The van der Waals surface area contributed by atoms with Crippen LogP contribution >= 0.6 is 0 Å². The molecule has 3 N–H and O–H groups in total. The molecule has 2 aromatic rings. The molecule has 6 nitrogen and oxygen atoms in total. The molecule has 2 rings (SSSR count). The van der Waals surface area contributed by atoms with Gasteiger partial charge in [0.05, 0.1) is 5.69 Å². The maximum Gasteiger partial charge on any atom is 0.319 e. The highest BCUT2D eigenvalue weighted by Crippen LogP contribution is 2.24. The van der Waals surface area contributed by atoms with Gasteiger partial charge >= 0.3 is 6.03 Å². The molecule has 2 amide bonds. The number of hydrogen-bond donors (Lipinski definition) is 3. The van der Waals surface area contributed by atoms with E-state index in [4.69, 9.17) is 9.52 Å². The molecule has 0 radical (unpaired) electrons. The Morgan fingerprint density at radius 2 is 2.09 bits per heavy atom. The second-order valence-electron chi connectivity index (χ2n) is 5.79. The fourth-order valence-electron chi connectivity index (χ4n) is 2.00. The van der Waals surface area contributed by atoms with E-state index in [1.165, 1.54) is 0 Å². The number of anilines is 1. The lowest BCUT2D eigenvalue weighted by molar-refractivity contribution is 0.204. The van der Waals surface area contributed by atoms with Crippen molar-refractivity contribution in [2.45, 2.75) is 33.7 Å². The summed E-state index contributed by atoms with van der Waals surface area (Å²) in [4.78, 5) is 16.4. The Morgan fingerprint density at radius 1 is 1.35 bits per heavy atom. The lowest BCUT2D eigenvalue weighted by Gasteiger charge is -2.19. The highest BCUT2D eigenvalue weighted by molar-refractivity contribution is 5.90. The number of oxazole rings is 1. The van der Waals surface area contributed by atoms with Crippen LogP contribution in [0.15, 0.2) is 28.7 Å². The molecule has 0 saturated carbocycles. The number of carbonyl (C=O) groups excluding carboxylic acids is 1. The number of amides is 2. The Kier molecular flexibility index (Phi) is 5.39. The van der Waals surface area contributed by atoms with Gasteiger partial charge in [-0.1, -0.05) is 13.0 Å². The number of aromatic nitrogens is 1. The van der Waals surface area contributed by atoms with Crippen LogP contribution in [0.4, 0.5) is 10.5 Å². The molecule has 124 valence electrons. The van der Waals surface area contributed by atoms with E-state index in [-0.39, 0.29) is 24.6 Å². The van der Waals surface area contributed by atoms with E-state index in [1.807, 2.05) is 45.9 Å². The maximum atomic E-state index is 12.0. The molecule has 0 spiro atoms.